The minimum absolute atomic E-state index is 0.0747. The number of nitrogens with zero attached hydrogens (tertiary/aromatic N) is 2. The number of carbonyl (C=O) groups excluding carboxylic acids is 3. The number of rotatable bonds is 9. The van der Waals surface area contributed by atoms with E-state index < -0.39 is 0 Å². The molecule has 1 aliphatic rings. The number of nitrogens with one attached hydrogen (secondary N) is 1. The molecule has 0 aromatic heterocycles. The Hall–Kier alpha value is -3.51. The van der Waals surface area contributed by atoms with E-state index in [1.807, 2.05) is 56.6 Å². The zero-order chi connectivity index (χ0) is 23.4. The van der Waals surface area contributed by atoms with Gasteiger partial charge in [0.05, 0.1) is 0 Å². The SMILES string of the molecule is CN(C)C(CNC(=O)CCCN1C(=O)c2cccc3cccc(c23)C1=O)Cc1ccccc1. The third-order valence-electron chi connectivity index (χ3n) is 6.22. The molecule has 0 spiro atoms. The number of benzene rings is 3. The quantitative estimate of drug-likeness (QED) is 0.514. The molecule has 0 saturated heterocycles. The van der Waals surface area contributed by atoms with Crippen molar-refractivity contribution in [3.63, 3.8) is 0 Å². The molecule has 3 amide bonds. The van der Waals surface area contributed by atoms with Crippen molar-refractivity contribution >= 4 is 28.5 Å². The van der Waals surface area contributed by atoms with Gasteiger partial charge in [-0.3, -0.25) is 19.3 Å². The highest BCUT2D eigenvalue weighted by atomic mass is 16.2. The monoisotopic (exact) mass is 443 g/mol. The van der Waals surface area contributed by atoms with E-state index in [1.165, 1.54) is 10.5 Å². The van der Waals surface area contributed by atoms with Crippen LogP contribution in [-0.2, 0) is 11.2 Å². The molecule has 170 valence electrons. The Bertz CT molecular complexity index is 1120. The summed E-state index contributed by atoms with van der Waals surface area (Å²) in [5, 5.41) is 4.61. The van der Waals surface area contributed by atoms with Gasteiger partial charge >= 0.3 is 0 Å². The Morgan fingerprint density at radius 1 is 0.909 bits per heavy atom. The molecule has 1 aliphatic heterocycles. The molecule has 0 saturated carbocycles. The predicted molar refractivity (Wildman–Crippen MR) is 129 cm³/mol. The van der Waals surface area contributed by atoms with Gasteiger partial charge in [-0.15, -0.1) is 0 Å². The summed E-state index contributed by atoms with van der Waals surface area (Å²) in [5.41, 5.74) is 2.31. The van der Waals surface area contributed by atoms with Crippen LogP contribution in [0.5, 0.6) is 0 Å². The maximum atomic E-state index is 13.0. The van der Waals surface area contributed by atoms with Crippen LogP contribution in [0.1, 0.15) is 39.1 Å². The molecule has 3 aromatic carbocycles. The van der Waals surface area contributed by atoms with Gasteiger partial charge in [0.2, 0.25) is 5.91 Å². The molecule has 6 heteroatoms. The van der Waals surface area contributed by atoms with Crippen LogP contribution in [-0.4, -0.2) is 60.7 Å². The lowest BCUT2D eigenvalue weighted by atomic mass is 9.94. The number of carbonyl (C=O) groups is 3. The molecule has 0 fully saturated rings. The molecule has 1 heterocycles. The van der Waals surface area contributed by atoms with E-state index in [1.54, 1.807) is 12.1 Å². The highest BCUT2D eigenvalue weighted by Gasteiger charge is 2.32. The van der Waals surface area contributed by atoms with Gasteiger partial charge in [0, 0.05) is 42.1 Å². The summed E-state index contributed by atoms with van der Waals surface area (Å²) < 4.78 is 0. The average Bonchev–Trinajstić information content (AvgIpc) is 2.82. The van der Waals surface area contributed by atoms with Crippen molar-refractivity contribution < 1.29 is 14.4 Å². The number of hydrogen-bond donors (Lipinski definition) is 1. The van der Waals surface area contributed by atoms with Gasteiger partial charge in [-0.05, 0) is 50.0 Å². The van der Waals surface area contributed by atoms with Crippen molar-refractivity contribution in [3.05, 3.63) is 83.4 Å². The second kappa shape index (κ2) is 9.96. The number of amides is 3. The Balaban J connectivity index is 1.31. The van der Waals surface area contributed by atoms with Crippen molar-refractivity contribution in [1.29, 1.82) is 0 Å². The first-order valence-corrected chi connectivity index (χ1v) is 11.3. The Morgan fingerprint density at radius 2 is 1.55 bits per heavy atom. The topological polar surface area (TPSA) is 69.7 Å². The van der Waals surface area contributed by atoms with Gasteiger partial charge in [-0.25, -0.2) is 0 Å². The van der Waals surface area contributed by atoms with Crippen molar-refractivity contribution in [2.45, 2.75) is 25.3 Å². The Morgan fingerprint density at radius 3 is 2.15 bits per heavy atom. The minimum atomic E-state index is -0.291. The van der Waals surface area contributed by atoms with Crippen LogP contribution in [0.15, 0.2) is 66.7 Å². The van der Waals surface area contributed by atoms with E-state index in [4.69, 9.17) is 0 Å². The van der Waals surface area contributed by atoms with Crippen LogP contribution in [0.2, 0.25) is 0 Å². The molecule has 0 bridgehead atoms. The van der Waals surface area contributed by atoms with Gasteiger partial charge in [0.1, 0.15) is 0 Å². The summed E-state index contributed by atoms with van der Waals surface area (Å²) in [5.74, 6) is -0.658. The smallest absolute Gasteiger partial charge is 0.261 e. The lowest BCUT2D eigenvalue weighted by molar-refractivity contribution is -0.121. The molecule has 0 radical (unpaired) electrons. The maximum absolute atomic E-state index is 13.0. The Kier molecular flexibility index (Phi) is 6.84. The van der Waals surface area contributed by atoms with Crippen molar-refractivity contribution in [2.24, 2.45) is 0 Å². The molecule has 1 unspecified atom stereocenters. The zero-order valence-electron chi connectivity index (χ0n) is 19.1. The average molecular weight is 444 g/mol. The fourth-order valence-electron chi connectivity index (χ4n) is 4.32. The largest absolute Gasteiger partial charge is 0.355 e. The van der Waals surface area contributed by atoms with Gasteiger partial charge in [-0.1, -0.05) is 54.6 Å². The van der Waals surface area contributed by atoms with Crippen LogP contribution in [0, 0.1) is 0 Å². The second-order valence-electron chi connectivity index (χ2n) is 8.69. The van der Waals surface area contributed by atoms with E-state index in [0.29, 0.717) is 24.1 Å². The summed E-state index contributed by atoms with van der Waals surface area (Å²) in [7, 11) is 4.01. The van der Waals surface area contributed by atoms with Gasteiger partial charge < -0.3 is 10.2 Å². The molecule has 6 nitrogen and oxygen atoms in total. The normalized spacial score (nSPS) is 14.1. The van der Waals surface area contributed by atoms with Gasteiger partial charge in [0.25, 0.3) is 11.8 Å². The Labute approximate surface area is 194 Å². The third-order valence-corrected chi connectivity index (χ3v) is 6.22. The summed E-state index contributed by atoms with van der Waals surface area (Å²) >= 11 is 0. The van der Waals surface area contributed by atoms with Gasteiger partial charge in [0.15, 0.2) is 0 Å². The predicted octanol–water partition coefficient (Wildman–Crippen LogP) is 3.51. The van der Waals surface area contributed by atoms with E-state index in [2.05, 4.69) is 22.3 Å². The number of hydrogen-bond acceptors (Lipinski definition) is 4. The molecule has 1 atom stereocenters. The molecular formula is C27H29N3O3. The van der Waals surface area contributed by atoms with Crippen LogP contribution in [0.3, 0.4) is 0 Å². The molecule has 3 aromatic rings. The van der Waals surface area contributed by atoms with Crippen molar-refractivity contribution in [3.8, 4) is 0 Å². The van der Waals surface area contributed by atoms with Crippen molar-refractivity contribution in [2.75, 3.05) is 27.2 Å². The van der Waals surface area contributed by atoms with Crippen LogP contribution < -0.4 is 5.32 Å². The summed E-state index contributed by atoms with van der Waals surface area (Å²) in [6, 6.07) is 21.4. The minimum Gasteiger partial charge on any atom is -0.355 e. The first kappa shape index (κ1) is 22.7. The zero-order valence-corrected chi connectivity index (χ0v) is 19.1. The first-order valence-electron chi connectivity index (χ1n) is 11.3. The van der Waals surface area contributed by atoms with E-state index in [-0.39, 0.29) is 36.7 Å². The number of likely N-dealkylation sites (N-methyl/N-ethyl adjacent to an activating group) is 1. The molecule has 4 rings (SSSR count). The standard InChI is InChI=1S/C27H29N3O3/c1-29(2)21(17-19-9-4-3-5-10-19)18-28-24(31)15-8-16-30-26(32)22-13-6-11-20-12-7-14-23(25(20)22)27(30)33/h3-7,9-14,21H,8,15-18H2,1-2H3,(H,28,31). The van der Waals surface area contributed by atoms with Crippen LogP contribution in [0.25, 0.3) is 10.8 Å². The number of imide groups is 1. The fraction of sp³-hybridized carbons (Fsp3) is 0.296. The maximum Gasteiger partial charge on any atom is 0.261 e. The second-order valence-corrected chi connectivity index (χ2v) is 8.69. The van der Waals surface area contributed by atoms with Crippen molar-refractivity contribution in [1.82, 2.24) is 15.1 Å². The lowest BCUT2D eigenvalue weighted by Crippen LogP contribution is -2.42. The lowest BCUT2D eigenvalue weighted by Gasteiger charge is -2.27. The van der Waals surface area contributed by atoms with Gasteiger partial charge in [-0.2, -0.15) is 0 Å². The molecule has 1 N–H and O–H groups in total. The fourth-order valence-corrected chi connectivity index (χ4v) is 4.32. The summed E-state index contributed by atoms with van der Waals surface area (Å²) in [6.45, 7) is 0.759. The van der Waals surface area contributed by atoms with Crippen LogP contribution >= 0.6 is 0 Å². The molecule has 33 heavy (non-hydrogen) atoms. The molecule has 0 aliphatic carbocycles. The van der Waals surface area contributed by atoms with E-state index in [0.717, 1.165) is 17.2 Å². The first-order chi connectivity index (χ1) is 16.0. The third kappa shape index (κ3) is 4.96. The highest BCUT2D eigenvalue weighted by molar-refractivity contribution is 6.25. The molecular weight excluding hydrogens is 414 g/mol. The summed E-state index contributed by atoms with van der Waals surface area (Å²) in [6.07, 6.45) is 1.52. The van der Waals surface area contributed by atoms with E-state index >= 15 is 0 Å². The summed E-state index contributed by atoms with van der Waals surface area (Å²) in [4.78, 5) is 41.7. The van der Waals surface area contributed by atoms with Crippen LogP contribution in [0.4, 0.5) is 0 Å². The highest BCUT2D eigenvalue weighted by Crippen LogP contribution is 2.30. The van der Waals surface area contributed by atoms with E-state index in [9.17, 15) is 14.4 Å².